The summed E-state index contributed by atoms with van der Waals surface area (Å²) in [6, 6.07) is 17.4. The Hall–Kier alpha value is -1.81. The van der Waals surface area contributed by atoms with Gasteiger partial charge >= 0.3 is 0 Å². The Morgan fingerprint density at radius 1 is 0.947 bits per heavy atom. The predicted molar refractivity (Wildman–Crippen MR) is 82.3 cm³/mol. The van der Waals surface area contributed by atoms with Crippen LogP contribution < -0.4 is 10.6 Å². The molecule has 0 heterocycles. The van der Waals surface area contributed by atoms with Crippen molar-refractivity contribution in [2.45, 2.75) is 6.42 Å². The van der Waals surface area contributed by atoms with Crippen LogP contribution in [-0.4, -0.2) is 12.5 Å². The smallest absolute Gasteiger partial charge is 0.226 e. The van der Waals surface area contributed by atoms with Crippen molar-refractivity contribution in [2.75, 3.05) is 17.2 Å². The topological polar surface area (TPSA) is 41.1 Å². The number of rotatable bonds is 5. The van der Waals surface area contributed by atoms with Crippen molar-refractivity contribution < 1.29 is 4.79 Å². The Labute approximate surface area is 121 Å². The lowest BCUT2D eigenvalue weighted by atomic mass is 10.3. The lowest BCUT2D eigenvalue weighted by Crippen LogP contribution is -2.16. The van der Waals surface area contributed by atoms with E-state index in [-0.39, 0.29) is 5.91 Å². The van der Waals surface area contributed by atoms with Gasteiger partial charge in [0.15, 0.2) is 0 Å². The van der Waals surface area contributed by atoms with Crippen LogP contribution in [0.3, 0.4) is 0 Å². The average molecular weight is 319 g/mol. The summed E-state index contributed by atoms with van der Waals surface area (Å²) >= 11 is 3.36. The van der Waals surface area contributed by atoms with E-state index >= 15 is 0 Å². The number of para-hydroxylation sites is 1. The van der Waals surface area contributed by atoms with Gasteiger partial charge in [-0.3, -0.25) is 4.79 Å². The van der Waals surface area contributed by atoms with E-state index in [4.69, 9.17) is 0 Å². The summed E-state index contributed by atoms with van der Waals surface area (Å²) in [6.45, 7) is 0.617. The normalized spacial score (nSPS) is 9.95. The summed E-state index contributed by atoms with van der Waals surface area (Å²) in [4.78, 5) is 11.7. The maximum Gasteiger partial charge on any atom is 0.226 e. The second kappa shape index (κ2) is 6.95. The minimum Gasteiger partial charge on any atom is -0.385 e. The summed E-state index contributed by atoms with van der Waals surface area (Å²) < 4.78 is 0.997. The van der Waals surface area contributed by atoms with E-state index in [1.165, 1.54) is 0 Å². The maximum atomic E-state index is 11.7. The molecule has 2 N–H and O–H groups in total. The second-order valence-electron chi connectivity index (χ2n) is 4.10. The first kappa shape index (κ1) is 13.6. The Morgan fingerprint density at radius 3 is 2.32 bits per heavy atom. The fourth-order valence-electron chi connectivity index (χ4n) is 1.63. The molecule has 3 nitrogen and oxygen atoms in total. The fourth-order valence-corrected chi connectivity index (χ4v) is 1.90. The van der Waals surface area contributed by atoms with Crippen LogP contribution in [0.1, 0.15) is 6.42 Å². The number of hydrogen-bond donors (Lipinski definition) is 2. The van der Waals surface area contributed by atoms with Gasteiger partial charge < -0.3 is 10.6 Å². The zero-order valence-corrected chi connectivity index (χ0v) is 12.0. The van der Waals surface area contributed by atoms with Crippen LogP contribution in [0.25, 0.3) is 0 Å². The van der Waals surface area contributed by atoms with Gasteiger partial charge in [-0.15, -0.1) is 0 Å². The summed E-state index contributed by atoms with van der Waals surface area (Å²) in [7, 11) is 0. The monoisotopic (exact) mass is 318 g/mol. The molecule has 0 radical (unpaired) electrons. The summed E-state index contributed by atoms with van der Waals surface area (Å²) in [5, 5.41) is 6.06. The molecule has 0 fully saturated rings. The quantitative estimate of drug-likeness (QED) is 0.878. The van der Waals surface area contributed by atoms with Crippen LogP contribution in [0.5, 0.6) is 0 Å². The van der Waals surface area contributed by atoms with Crippen molar-refractivity contribution in [3.05, 3.63) is 59.1 Å². The molecular weight excluding hydrogens is 304 g/mol. The van der Waals surface area contributed by atoms with E-state index in [0.717, 1.165) is 15.8 Å². The molecule has 0 spiro atoms. The predicted octanol–water partition coefficient (Wildman–Crippen LogP) is 3.89. The number of anilines is 2. The SMILES string of the molecule is O=C(CCNc1ccccc1)Nc1ccc(Br)cc1. The molecule has 19 heavy (non-hydrogen) atoms. The van der Waals surface area contributed by atoms with Gasteiger partial charge in [0, 0.05) is 28.8 Å². The molecule has 0 saturated carbocycles. The molecule has 1 amide bonds. The summed E-state index contributed by atoms with van der Waals surface area (Å²) in [6.07, 6.45) is 0.435. The van der Waals surface area contributed by atoms with Gasteiger partial charge in [0.05, 0.1) is 0 Å². The molecule has 2 aromatic rings. The van der Waals surface area contributed by atoms with Crippen LogP contribution in [0.2, 0.25) is 0 Å². The van der Waals surface area contributed by atoms with Crippen LogP contribution in [-0.2, 0) is 4.79 Å². The molecule has 0 atom stereocenters. The van der Waals surface area contributed by atoms with Crippen LogP contribution >= 0.6 is 15.9 Å². The Bertz CT molecular complexity index is 526. The first-order chi connectivity index (χ1) is 9.24. The number of carbonyl (C=O) groups is 1. The number of carbonyl (C=O) groups excluding carboxylic acids is 1. The van der Waals surface area contributed by atoms with Gasteiger partial charge in [-0.25, -0.2) is 0 Å². The molecule has 0 unspecified atom stereocenters. The van der Waals surface area contributed by atoms with Gasteiger partial charge in [-0.2, -0.15) is 0 Å². The lowest BCUT2D eigenvalue weighted by Gasteiger charge is -2.07. The molecule has 0 aromatic heterocycles. The van der Waals surface area contributed by atoms with Crippen molar-refractivity contribution >= 4 is 33.2 Å². The van der Waals surface area contributed by atoms with E-state index in [1.54, 1.807) is 0 Å². The number of nitrogens with one attached hydrogen (secondary N) is 2. The Balaban J connectivity index is 1.74. The van der Waals surface area contributed by atoms with Crippen molar-refractivity contribution in [1.82, 2.24) is 0 Å². The molecule has 98 valence electrons. The van der Waals surface area contributed by atoms with Gasteiger partial charge in [-0.05, 0) is 36.4 Å². The third-order valence-corrected chi connectivity index (χ3v) is 3.11. The fraction of sp³-hybridized carbons (Fsp3) is 0.133. The third-order valence-electron chi connectivity index (χ3n) is 2.58. The first-order valence-electron chi connectivity index (χ1n) is 6.08. The largest absolute Gasteiger partial charge is 0.385 e. The molecule has 0 saturated heterocycles. The maximum absolute atomic E-state index is 11.7. The van der Waals surface area contributed by atoms with E-state index in [2.05, 4.69) is 26.6 Å². The van der Waals surface area contributed by atoms with Crippen molar-refractivity contribution in [3.8, 4) is 0 Å². The molecule has 0 aliphatic heterocycles. The number of benzene rings is 2. The molecule has 2 aromatic carbocycles. The van der Waals surface area contributed by atoms with Crippen molar-refractivity contribution in [3.63, 3.8) is 0 Å². The van der Waals surface area contributed by atoms with Gasteiger partial charge in [-0.1, -0.05) is 34.1 Å². The average Bonchev–Trinajstić information content (AvgIpc) is 2.43. The zero-order chi connectivity index (χ0) is 13.5. The van der Waals surface area contributed by atoms with E-state index in [1.807, 2.05) is 54.6 Å². The van der Waals surface area contributed by atoms with Crippen molar-refractivity contribution in [2.24, 2.45) is 0 Å². The minimum absolute atomic E-state index is 0.00533. The molecule has 0 bridgehead atoms. The van der Waals surface area contributed by atoms with E-state index in [9.17, 15) is 4.79 Å². The highest BCUT2D eigenvalue weighted by atomic mass is 79.9. The third kappa shape index (κ3) is 4.75. The second-order valence-corrected chi connectivity index (χ2v) is 5.01. The number of hydrogen-bond acceptors (Lipinski definition) is 2. The Kier molecular flexibility index (Phi) is 4.98. The van der Waals surface area contributed by atoms with Gasteiger partial charge in [0.2, 0.25) is 5.91 Å². The minimum atomic E-state index is 0.00533. The van der Waals surface area contributed by atoms with Gasteiger partial charge in [0.25, 0.3) is 0 Å². The van der Waals surface area contributed by atoms with Crippen LogP contribution in [0.15, 0.2) is 59.1 Å². The number of halogens is 1. The molecule has 2 rings (SSSR count). The first-order valence-corrected chi connectivity index (χ1v) is 6.88. The number of amides is 1. The van der Waals surface area contributed by atoms with Gasteiger partial charge in [0.1, 0.15) is 0 Å². The molecule has 4 heteroatoms. The standard InChI is InChI=1S/C15H15BrN2O/c16-12-6-8-14(9-7-12)18-15(19)10-11-17-13-4-2-1-3-5-13/h1-9,17H,10-11H2,(H,18,19). The molecule has 0 aliphatic rings. The summed E-state index contributed by atoms with van der Waals surface area (Å²) in [5.41, 5.74) is 1.84. The van der Waals surface area contributed by atoms with Crippen LogP contribution in [0, 0.1) is 0 Å². The molecular formula is C15H15BrN2O. The van der Waals surface area contributed by atoms with Crippen LogP contribution in [0.4, 0.5) is 11.4 Å². The van der Waals surface area contributed by atoms with E-state index in [0.29, 0.717) is 13.0 Å². The van der Waals surface area contributed by atoms with E-state index < -0.39 is 0 Å². The zero-order valence-electron chi connectivity index (χ0n) is 10.4. The highest BCUT2D eigenvalue weighted by molar-refractivity contribution is 9.10. The lowest BCUT2D eigenvalue weighted by molar-refractivity contribution is -0.115. The summed E-state index contributed by atoms with van der Waals surface area (Å²) in [5.74, 6) is 0.00533. The molecule has 0 aliphatic carbocycles. The highest BCUT2D eigenvalue weighted by Crippen LogP contribution is 2.14. The Morgan fingerprint density at radius 2 is 1.63 bits per heavy atom. The van der Waals surface area contributed by atoms with Crippen molar-refractivity contribution in [1.29, 1.82) is 0 Å². The highest BCUT2D eigenvalue weighted by Gasteiger charge is 2.01.